The number of nitrogens with one attached hydrogen (secondary N) is 1. The molecule has 0 fully saturated rings. The summed E-state index contributed by atoms with van der Waals surface area (Å²) in [6.45, 7) is 3.09. The molecule has 3 aromatic rings. The molecule has 21 heavy (non-hydrogen) atoms. The zero-order valence-electron chi connectivity index (χ0n) is 11.8. The van der Waals surface area contributed by atoms with Crippen molar-refractivity contribution in [3.05, 3.63) is 62.9 Å². The summed E-state index contributed by atoms with van der Waals surface area (Å²) in [5.74, 6) is 0. The summed E-state index contributed by atoms with van der Waals surface area (Å²) in [5.41, 5.74) is 3.52. The minimum absolute atomic E-state index is 0.311. The Labute approximate surface area is 137 Å². The maximum absolute atomic E-state index is 4.78. The quantitative estimate of drug-likeness (QED) is 0.695. The van der Waals surface area contributed by atoms with Crippen LogP contribution in [0.25, 0.3) is 10.9 Å². The van der Waals surface area contributed by atoms with Crippen molar-refractivity contribution in [2.45, 2.75) is 19.4 Å². The van der Waals surface area contributed by atoms with Gasteiger partial charge in [-0.25, -0.2) is 0 Å². The fourth-order valence-electron chi connectivity index (χ4n) is 2.49. The molecule has 3 rings (SSSR count). The van der Waals surface area contributed by atoms with Crippen molar-refractivity contribution in [2.24, 2.45) is 0 Å². The molecule has 1 unspecified atom stereocenters. The third-order valence-corrected chi connectivity index (χ3v) is 5.03. The van der Waals surface area contributed by atoms with Crippen LogP contribution in [0, 0.1) is 0 Å². The summed E-state index contributed by atoms with van der Waals surface area (Å²) >= 11 is 5.27. The summed E-state index contributed by atoms with van der Waals surface area (Å²) in [7, 11) is 0. The molecule has 108 valence electrons. The van der Waals surface area contributed by atoms with E-state index >= 15 is 0 Å². The number of thiophene rings is 1. The minimum atomic E-state index is 0.311. The van der Waals surface area contributed by atoms with E-state index in [1.54, 1.807) is 11.3 Å². The van der Waals surface area contributed by atoms with E-state index in [0.29, 0.717) is 6.04 Å². The Balaban J connectivity index is 1.86. The van der Waals surface area contributed by atoms with E-state index in [1.807, 2.05) is 12.1 Å². The second kappa shape index (κ2) is 6.69. The Kier molecular flexibility index (Phi) is 4.68. The minimum Gasteiger partial charge on any atom is -0.310 e. The average Bonchev–Trinajstić information content (AvgIpc) is 2.93. The highest BCUT2D eigenvalue weighted by Gasteiger charge is 2.13. The summed E-state index contributed by atoms with van der Waals surface area (Å²) in [6.07, 6.45) is 0.905. The highest BCUT2D eigenvalue weighted by atomic mass is 79.9. The van der Waals surface area contributed by atoms with Gasteiger partial charge >= 0.3 is 0 Å². The molecule has 0 spiro atoms. The van der Waals surface area contributed by atoms with Crippen LogP contribution in [-0.4, -0.2) is 11.5 Å². The van der Waals surface area contributed by atoms with Gasteiger partial charge in [0, 0.05) is 23.5 Å². The predicted octanol–water partition coefficient (Wildman–Crippen LogP) is 4.95. The Bertz CT molecular complexity index is 738. The number of nitrogens with zero attached hydrogens (tertiary/aromatic N) is 1. The third kappa shape index (κ3) is 3.51. The van der Waals surface area contributed by atoms with Crippen LogP contribution in [0.5, 0.6) is 0 Å². The van der Waals surface area contributed by atoms with Gasteiger partial charge in [0.25, 0.3) is 0 Å². The van der Waals surface area contributed by atoms with Gasteiger partial charge in [-0.3, -0.25) is 4.98 Å². The molecule has 1 N–H and O–H groups in total. The summed E-state index contributed by atoms with van der Waals surface area (Å²) < 4.78 is 1.17. The third-order valence-electron chi connectivity index (χ3n) is 3.51. The maximum atomic E-state index is 4.78. The van der Waals surface area contributed by atoms with E-state index in [0.717, 1.165) is 24.2 Å². The monoisotopic (exact) mass is 360 g/mol. The zero-order valence-corrected chi connectivity index (χ0v) is 14.2. The number of halogens is 1. The number of aromatic nitrogens is 1. The average molecular weight is 361 g/mol. The SMILES string of the molecule is CCNC(Cc1ccc2ccccc2n1)c1csc(Br)c1. The van der Waals surface area contributed by atoms with Crippen LogP contribution in [0.15, 0.2) is 51.6 Å². The van der Waals surface area contributed by atoms with E-state index in [4.69, 9.17) is 4.98 Å². The first-order chi connectivity index (χ1) is 10.3. The van der Waals surface area contributed by atoms with E-state index in [9.17, 15) is 0 Å². The molecule has 0 radical (unpaired) electrons. The van der Waals surface area contributed by atoms with Gasteiger partial charge in [-0.05, 0) is 51.6 Å². The molecule has 2 heterocycles. The van der Waals surface area contributed by atoms with Gasteiger partial charge in [0.2, 0.25) is 0 Å². The first kappa shape index (κ1) is 14.7. The van der Waals surface area contributed by atoms with Gasteiger partial charge in [0.05, 0.1) is 9.30 Å². The standard InChI is InChI=1S/C17H17BrN2S/c1-2-19-16(13-9-17(18)21-11-13)10-14-8-7-12-5-3-4-6-15(12)20-14/h3-9,11,16,19H,2,10H2,1H3. The predicted molar refractivity (Wildman–Crippen MR) is 93.9 cm³/mol. The Morgan fingerprint density at radius 2 is 2.10 bits per heavy atom. The molecule has 0 bridgehead atoms. The van der Waals surface area contributed by atoms with Crippen LogP contribution in [-0.2, 0) is 6.42 Å². The van der Waals surface area contributed by atoms with Gasteiger partial charge in [0.1, 0.15) is 0 Å². The Morgan fingerprint density at radius 1 is 1.24 bits per heavy atom. The van der Waals surface area contributed by atoms with Crippen molar-refractivity contribution in [3.8, 4) is 0 Å². The zero-order chi connectivity index (χ0) is 14.7. The van der Waals surface area contributed by atoms with Crippen LogP contribution in [0.3, 0.4) is 0 Å². The van der Waals surface area contributed by atoms with Crippen molar-refractivity contribution in [2.75, 3.05) is 6.54 Å². The molecule has 2 nitrogen and oxygen atoms in total. The Morgan fingerprint density at radius 3 is 2.86 bits per heavy atom. The van der Waals surface area contributed by atoms with Crippen LogP contribution < -0.4 is 5.32 Å². The van der Waals surface area contributed by atoms with Crippen LogP contribution in [0.4, 0.5) is 0 Å². The van der Waals surface area contributed by atoms with Crippen molar-refractivity contribution < 1.29 is 0 Å². The number of likely N-dealkylation sites (N-methyl/N-ethyl adjacent to an activating group) is 1. The number of hydrogen-bond acceptors (Lipinski definition) is 3. The topological polar surface area (TPSA) is 24.9 Å². The van der Waals surface area contributed by atoms with Crippen LogP contribution in [0.2, 0.25) is 0 Å². The van der Waals surface area contributed by atoms with Gasteiger partial charge in [-0.2, -0.15) is 0 Å². The van der Waals surface area contributed by atoms with E-state index in [1.165, 1.54) is 14.7 Å². The van der Waals surface area contributed by atoms with Gasteiger partial charge in [-0.15, -0.1) is 11.3 Å². The van der Waals surface area contributed by atoms with Gasteiger partial charge in [0.15, 0.2) is 0 Å². The maximum Gasteiger partial charge on any atom is 0.0705 e. The summed E-state index contributed by atoms with van der Waals surface area (Å²) in [5, 5.41) is 6.96. The van der Waals surface area contributed by atoms with Crippen molar-refractivity contribution in [3.63, 3.8) is 0 Å². The molecule has 1 atom stereocenters. The molecule has 1 aromatic carbocycles. The lowest BCUT2D eigenvalue weighted by atomic mass is 10.0. The second-order valence-corrected chi connectivity index (χ2v) is 7.28. The lowest BCUT2D eigenvalue weighted by molar-refractivity contribution is 0.546. The number of fused-ring (bicyclic) bond motifs is 1. The number of pyridine rings is 1. The lowest BCUT2D eigenvalue weighted by Gasteiger charge is -2.16. The lowest BCUT2D eigenvalue weighted by Crippen LogP contribution is -2.22. The van der Waals surface area contributed by atoms with Crippen molar-refractivity contribution in [1.82, 2.24) is 10.3 Å². The molecule has 0 aliphatic carbocycles. The highest BCUT2D eigenvalue weighted by Crippen LogP contribution is 2.27. The molecular weight excluding hydrogens is 344 g/mol. The second-order valence-electron chi connectivity index (χ2n) is 4.99. The van der Waals surface area contributed by atoms with E-state index < -0.39 is 0 Å². The fourth-order valence-corrected chi connectivity index (χ4v) is 3.72. The fraction of sp³-hybridized carbons (Fsp3) is 0.235. The van der Waals surface area contributed by atoms with Crippen LogP contribution in [0.1, 0.15) is 24.2 Å². The number of hydrogen-bond donors (Lipinski definition) is 1. The first-order valence-corrected chi connectivity index (χ1v) is 8.75. The summed E-state index contributed by atoms with van der Waals surface area (Å²) in [4.78, 5) is 4.78. The molecule has 0 amide bonds. The molecule has 0 saturated heterocycles. The smallest absolute Gasteiger partial charge is 0.0705 e. The molecule has 0 aliphatic rings. The number of rotatable bonds is 5. The largest absolute Gasteiger partial charge is 0.310 e. The molecule has 2 aromatic heterocycles. The van der Waals surface area contributed by atoms with Crippen molar-refractivity contribution in [1.29, 1.82) is 0 Å². The highest BCUT2D eigenvalue weighted by molar-refractivity contribution is 9.11. The molecule has 0 saturated carbocycles. The van der Waals surface area contributed by atoms with Gasteiger partial charge < -0.3 is 5.32 Å². The molecular formula is C17H17BrN2S. The van der Waals surface area contributed by atoms with Crippen LogP contribution >= 0.6 is 27.3 Å². The van der Waals surface area contributed by atoms with E-state index in [2.05, 4.69) is 63.9 Å². The Hall–Kier alpha value is -1.23. The summed E-state index contributed by atoms with van der Waals surface area (Å²) in [6, 6.07) is 15.1. The first-order valence-electron chi connectivity index (χ1n) is 7.08. The molecule has 0 aliphatic heterocycles. The number of benzene rings is 1. The number of para-hydroxylation sites is 1. The molecule has 4 heteroatoms. The van der Waals surface area contributed by atoms with E-state index in [-0.39, 0.29) is 0 Å². The van der Waals surface area contributed by atoms with Gasteiger partial charge in [-0.1, -0.05) is 31.2 Å². The normalized spacial score (nSPS) is 12.7. The van der Waals surface area contributed by atoms with Crippen molar-refractivity contribution >= 4 is 38.2 Å².